The minimum absolute atomic E-state index is 0.420. The molecule has 2 aromatic carbocycles. The summed E-state index contributed by atoms with van der Waals surface area (Å²) in [5, 5.41) is 8.74. The van der Waals surface area contributed by atoms with Crippen LogP contribution in [-0.2, 0) is 4.79 Å². The molecule has 3 nitrogen and oxygen atoms in total. The first-order chi connectivity index (χ1) is 8.74. The van der Waals surface area contributed by atoms with Crippen LogP contribution >= 0.6 is 0 Å². The van der Waals surface area contributed by atoms with Crippen molar-refractivity contribution in [2.75, 3.05) is 0 Å². The van der Waals surface area contributed by atoms with Gasteiger partial charge in [0, 0.05) is 0 Å². The molecule has 18 heavy (non-hydrogen) atoms. The molecule has 0 unspecified atom stereocenters. The zero-order valence-corrected chi connectivity index (χ0v) is 9.88. The fourth-order valence-corrected chi connectivity index (χ4v) is 1.75. The average Bonchev–Trinajstić information content (AvgIpc) is 2.41. The van der Waals surface area contributed by atoms with Gasteiger partial charge in [0.05, 0.1) is 11.6 Å². The van der Waals surface area contributed by atoms with E-state index in [1.54, 1.807) is 18.2 Å². The zero-order valence-electron chi connectivity index (χ0n) is 9.88. The van der Waals surface area contributed by atoms with E-state index in [4.69, 9.17) is 10.00 Å². The summed E-state index contributed by atoms with van der Waals surface area (Å²) in [7, 11) is 0. The van der Waals surface area contributed by atoms with Crippen LogP contribution in [0.4, 0.5) is 0 Å². The van der Waals surface area contributed by atoms with Crippen molar-refractivity contribution in [2.24, 2.45) is 0 Å². The molecule has 0 N–H and O–H groups in total. The van der Waals surface area contributed by atoms with Gasteiger partial charge in [-0.2, -0.15) is 5.26 Å². The minimum Gasteiger partial charge on any atom is -0.428 e. The average molecular weight is 237 g/mol. The van der Waals surface area contributed by atoms with Crippen LogP contribution in [0.2, 0.25) is 0 Å². The van der Waals surface area contributed by atoms with Crippen LogP contribution in [0.15, 0.2) is 42.5 Å². The molecule has 0 atom stereocenters. The van der Waals surface area contributed by atoms with Gasteiger partial charge in [-0.3, -0.25) is 4.79 Å². The van der Waals surface area contributed by atoms with E-state index < -0.39 is 0 Å². The van der Waals surface area contributed by atoms with Crippen LogP contribution in [0.5, 0.6) is 5.75 Å². The molecule has 0 saturated heterocycles. The van der Waals surface area contributed by atoms with Gasteiger partial charge in [0.1, 0.15) is 5.75 Å². The molecule has 0 aliphatic heterocycles. The molecule has 3 heteroatoms. The highest BCUT2D eigenvalue weighted by Crippen LogP contribution is 2.26. The molecular formula is C15H11NO2. The summed E-state index contributed by atoms with van der Waals surface area (Å²) in [5.41, 5.74) is 3.57. The van der Waals surface area contributed by atoms with Crippen LogP contribution in [0.25, 0.3) is 11.1 Å². The topological polar surface area (TPSA) is 50.1 Å². The molecule has 0 aromatic heterocycles. The number of ether oxygens (including phenoxy) is 1. The number of carbonyl (C=O) groups excluding carboxylic acids is 1. The van der Waals surface area contributed by atoms with Crippen molar-refractivity contribution in [2.45, 2.75) is 6.92 Å². The Kier molecular flexibility index (Phi) is 3.40. The Balaban J connectivity index is 2.36. The first-order valence-electron chi connectivity index (χ1n) is 5.46. The quantitative estimate of drug-likeness (QED) is 0.771. The molecule has 2 rings (SSSR count). The van der Waals surface area contributed by atoms with Crippen molar-refractivity contribution in [1.29, 1.82) is 5.26 Å². The fourth-order valence-electron chi connectivity index (χ4n) is 1.75. The minimum atomic E-state index is 0.420. The summed E-state index contributed by atoms with van der Waals surface area (Å²) in [6.45, 7) is 2.30. The Morgan fingerprint density at radius 2 is 1.78 bits per heavy atom. The third kappa shape index (κ3) is 2.38. The lowest BCUT2D eigenvalue weighted by Gasteiger charge is -2.06. The van der Waals surface area contributed by atoms with Gasteiger partial charge in [-0.1, -0.05) is 18.2 Å². The number of nitriles is 1. The van der Waals surface area contributed by atoms with Crippen LogP contribution in [-0.4, -0.2) is 6.47 Å². The summed E-state index contributed by atoms with van der Waals surface area (Å²) in [5.74, 6) is 0.558. The van der Waals surface area contributed by atoms with E-state index in [2.05, 4.69) is 6.07 Å². The van der Waals surface area contributed by atoms with Crippen molar-refractivity contribution < 1.29 is 9.53 Å². The molecular weight excluding hydrogens is 226 g/mol. The van der Waals surface area contributed by atoms with Gasteiger partial charge in [0.15, 0.2) is 0 Å². The van der Waals surface area contributed by atoms with E-state index in [1.165, 1.54) is 0 Å². The number of carbonyl (C=O) groups is 1. The highest BCUT2D eigenvalue weighted by Gasteiger charge is 2.03. The van der Waals surface area contributed by atoms with E-state index in [1.807, 2.05) is 31.2 Å². The largest absolute Gasteiger partial charge is 0.428 e. The molecule has 0 heterocycles. The number of hydrogen-bond donors (Lipinski definition) is 0. The molecule has 0 radical (unpaired) electrons. The van der Waals surface area contributed by atoms with Gasteiger partial charge < -0.3 is 4.74 Å². The van der Waals surface area contributed by atoms with Crippen molar-refractivity contribution >= 4 is 6.47 Å². The van der Waals surface area contributed by atoms with Gasteiger partial charge >= 0.3 is 0 Å². The molecule has 0 saturated carbocycles. The number of benzene rings is 2. The lowest BCUT2D eigenvalue weighted by molar-refractivity contribution is -0.120. The van der Waals surface area contributed by atoms with Gasteiger partial charge in [-0.05, 0) is 47.9 Å². The SMILES string of the molecule is Cc1cc(-c2ccc(C#N)cc2)ccc1OC=O. The zero-order chi connectivity index (χ0) is 13.0. The van der Waals surface area contributed by atoms with Gasteiger partial charge in [0.25, 0.3) is 6.47 Å². The molecule has 88 valence electrons. The molecule has 0 fully saturated rings. The Morgan fingerprint density at radius 3 is 2.33 bits per heavy atom. The molecule has 0 amide bonds. The lowest BCUT2D eigenvalue weighted by atomic mass is 10.0. The van der Waals surface area contributed by atoms with Crippen molar-refractivity contribution in [1.82, 2.24) is 0 Å². The van der Waals surface area contributed by atoms with Crippen LogP contribution in [0.1, 0.15) is 11.1 Å². The summed E-state index contributed by atoms with van der Waals surface area (Å²) in [6.07, 6.45) is 0. The van der Waals surface area contributed by atoms with Crippen molar-refractivity contribution in [3.63, 3.8) is 0 Å². The maximum Gasteiger partial charge on any atom is 0.298 e. The Bertz CT molecular complexity index is 609. The fraction of sp³-hybridized carbons (Fsp3) is 0.0667. The smallest absolute Gasteiger partial charge is 0.298 e. The van der Waals surface area contributed by atoms with Crippen LogP contribution in [0, 0.1) is 18.3 Å². The molecule has 0 aliphatic carbocycles. The first-order valence-corrected chi connectivity index (χ1v) is 5.46. The highest BCUT2D eigenvalue weighted by molar-refractivity contribution is 5.67. The predicted octanol–water partition coefficient (Wildman–Crippen LogP) is 3.07. The van der Waals surface area contributed by atoms with Gasteiger partial charge in [0.2, 0.25) is 0 Å². The highest BCUT2D eigenvalue weighted by atomic mass is 16.5. The van der Waals surface area contributed by atoms with Gasteiger partial charge in [-0.15, -0.1) is 0 Å². The second-order valence-electron chi connectivity index (χ2n) is 3.88. The summed E-state index contributed by atoms with van der Waals surface area (Å²) in [4.78, 5) is 10.3. The maximum atomic E-state index is 10.3. The van der Waals surface area contributed by atoms with E-state index in [0.717, 1.165) is 16.7 Å². The number of nitrogens with zero attached hydrogens (tertiary/aromatic N) is 1. The lowest BCUT2D eigenvalue weighted by Crippen LogP contribution is -1.91. The van der Waals surface area contributed by atoms with E-state index in [0.29, 0.717) is 17.8 Å². The summed E-state index contributed by atoms with van der Waals surface area (Å²) < 4.78 is 4.84. The molecule has 0 aliphatic rings. The predicted molar refractivity (Wildman–Crippen MR) is 68.0 cm³/mol. The molecule has 0 bridgehead atoms. The maximum absolute atomic E-state index is 10.3. The Labute approximate surface area is 105 Å². The van der Waals surface area contributed by atoms with E-state index in [9.17, 15) is 4.79 Å². The summed E-state index contributed by atoms with van der Waals surface area (Å²) >= 11 is 0. The normalized spacial score (nSPS) is 9.56. The number of hydrogen-bond acceptors (Lipinski definition) is 3. The number of rotatable bonds is 3. The van der Waals surface area contributed by atoms with Crippen LogP contribution in [0.3, 0.4) is 0 Å². The molecule has 0 spiro atoms. The molecule has 2 aromatic rings. The Hall–Kier alpha value is -2.60. The standard InChI is InChI=1S/C15H11NO2/c1-11-8-14(6-7-15(11)18-10-17)13-4-2-12(9-16)3-5-13/h2-8,10H,1H3. The van der Waals surface area contributed by atoms with E-state index >= 15 is 0 Å². The summed E-state index contributed by atoms with van der Waals surface area (Å²) in [6, 6.07) is 15.0. The third-order valence-corrected chi connectivity index (χ3v) is 2.70. The van der Waals surface area contributed by atoms with Crippen molar-refractivity contribution in [3.8, 4) is 22.9 Å². The monoisotopic (exact) mass is 237 g/mol. The third-order valence-electron chi connectivity index (χ3n) is 2.70. The van der Waals surface area contributed by atoms with Crippen LogP contribution < -0.4 is 4.74 Å². The van der Waals surface area contributed by atoms with Crippen molar-refractivity contribution in [3.05, 3.63) is 53.6 Å². The second-order valence-corrected chi connectivity index (χ2v) is 3.88. The van der Waals surface area contributed by atoms with E-state index in [-0.39, 0.29) is 0 Å². The first kappa shape index (κ1) is 11.9. The Morgan fingerprint density at radius 1 is 1.11 bits per heavy atom. The van der Waals surface area contributed by atoms with Gasteiger partial charge in [-0.25, -0.2) is 0 Å². The number of aryl methyl sites for hydroxylation is 1. The second kappa shape index (κ2) is 5.15.